The molecule has 0 spiro atoms. The minimum Gasteiger partial charge on any atom is -0.439 e. The SMILES string of the molecule is CCC(=CC1OC2=CC=CSC2=[N+]1CC)C=C1Oc2ccccc2N1CC. The molecule has 27 heavy (non-hydrogen) atoms. The number of rotatable bonds is 5. The van der Waals surface area contributed by atoms with E-state index in [9.17, 15) is 0 Å². The lowest BCUT2D eigenvalue weighted by Crippen LogP contribution is -2.23. The predicted molar refractivity (Wildman–Crippen MR) is 112 cm³/mol. The van der Waals surface area contributed by atoms with E-state index in [-0.39, 0.29) is 6.23 Å². The molecule has 0 saturated carbocycles. The lowest BCUT2D eigenvalue weighted by molar-refractivity contribution is -0.576. The van der Waals surface area contributed by atoms with Gasteiger partial charge >= 0.3 is 6.23 Å². The molecule has 0 saturated heterocycles. The van der Waals surface area contributed by atoms with Crippen molar-refractivity contribution in [2.75, 3.05) is 18.0 Å². The van der Waals surface area contributed by atoms with Gasteiger partial charge in [-0.15, -0.1) is 0 Å². The topological polar surface area (TPSA) is 24.7 Å². The van der Waals surface area contributed by atoms with Crippen LogP contribution >= 0.6 is 11.8 Å². The highest BCUT2D eigenvalue weighted by molar-refractivity contribution is 8.16. The standard InChI is InChI=1S/C22H25N2O2S/c1-4-16(14-20-23(5-2)17-10-7-8-11-18(17)25-20)15-21-24(6-3)22-19(26-21)12-9-13-27-22/h7-15,21H,4-6H2,1-3H3/q+1. The number of hydrogen-bond acceptors (Lipinski definition) is 4. The van der Waals surface area contributed by atoms with Crippen molar-refractivity contribution in [2.45, 2.75) is 33.4 Å². The second-order valence-electron chi connectivity index (χ2n) is 6.47. The third-order valence-electron chi connectivity index (χ3n) is 4.90. The quantitative estimate of drug-likeness (QED) is 0.669. The average Bonchev–Trinajstić information content (AvgIpc) is 3.23. The minimum atomic E-state index is -0.0747. The number of allylic oxidation sites excluding steroid dienone is 4. The van der Waals surface area contributed by atoms with Gasteiger partial charge in [0.2, 0.25) is 11.6 Å². The molecule has 3 aliphatic rings. The zero-order valence-electron chi connectivity index (χ0n) is 16.0. The molecule has 1 aromatic rings. The first kappa shape index (κ1) is 18.0. The van der Waals surface area contributed by atoms with Crippen LogP contribution in [0.4, 0.5) is 5.69 Å². The van der Waals surface area contributed by atoms with Gasteiger partial charge in [0.1, 0.15) is 6.54 Å². The predicted octanol–water partition coefficient (Wildman–Crippen LogP) is 5.01. The molecule has 0 N–H and O–H groups in total. The van der Waals surface area contributed by atoms with Crippen LogP contribution in [0.3, 0.4) is 0 Å². The van der Waals surface area contributed by atoms with Gasteiger partial charge in [-0.1, -0.05) is 25.1 Å². The Bertz CT molecular complexity index is 895. The number of fused-ring (bicyclic) bond motifs is 2. The fourth-order valence-electron chi connectivity index (χ4n) is 3.51. The summed E-state index contributed by atoms with van der Waals surface area (Å²) in [5.41, 5.74) is 2.33. The number of anilines is 1. The summed E-state index contributed by atoms with van der Waals surface area (Å²) in [5.74, 6) is 2.77. The van der Waals surface area contributed by atoms with Gasteiger partial charge in [0, 0.05) is 18.7 Å². The fraction of sp³-hybridized carbons (Fsp3) is 0.318. The van der Waals surface area contributed by atoms with Crippen LogP contribution in [-0.2, 0) is 4.74 Å². The molecule has 0 aliphatic carbocycles. The number of likely N-dealkylation sites (N-methyl/N-ethyl adjacent to an activating group) is 1. The van der Waals surface area contributed by atoms with Crippen LogP contribution in [-0.4, -0.2) is 28.9 Å². The summed E-state index contributed by atoms with van der Waals surface area (Å²) in [6.07, 6.45) is 9.28. The van der Waals surface area contributed by atoms with Crippen molar-refractivity contribution in [1.29, 1.82) is 0 Å². The number of nitrogens with zero attached hydrogens (tertiary/aromatic N) is 2. The molecule has 140 valence electrons. The van der Waals surface area contributed by atoms with Gasteiger partial charge < -0.3 is 14.4 Å². The van der Waals surface area contributed by atoms with E-state index in [0.29, 0.717) is 0 Å². The van der Waals surface area contributed by atoms with Crippen LogP contribution in [0, 0.1) is 0 Å². The third-order valence-corrected chi connectivity index (χ3v) is 5.85. The van der Waals surface area contributed by atoms with Crippen LogP contribution in [0.15, 0.2) is 71.2 Å². The van der Waals surface area contributed by atoms with E-state index < -0.39 is 0 Å². The van der Waals surface area contributed by atoms with Crippen LogP contribution in [0.2, 0.25) is 0 Å². The van der Waals surface area contributed by atoms with Gasteiger partial charge in [-0.05, 0) is 61.2 Å². The first-order valence-electron chi connectivity index (χ1n) is 9.56. The van der Waals surface area contributed by atoms with Crippen molar-refractivity contribution in [1.82, 2.24) is 0 Å². The maximum atomic E-state index is 6.20. The highest BCUT2D eigenvalue weighted by atomic mass is 32.2. The Kier molecular flexibility index (Phi) is 5.12. The fourth-order valence-corrected chi connectivity index (χ4v) is 4.40. The Balaban J connectivity index is 1.63. The van der Waals surface area contributed by atoms with E-state index in [1.54, 1.807) is 11.8 Å². The Morgan fingerprint density at radius 3 is 2.89 bits per heavy atom. The van der Waals surface area contributed by atoms with Crippen LogP contribution in [0.5, 0.6) is 5.75 Å². The largest absolute Gasteiger partial charge is 0.439 e. The lowest BCUT2D eigenvalue weighted by Gasteiger charge is -2.16. The van der Waals surface area contributed by atoms with E-state index in [4.69, 9.17) is 9.47 Å². The lowest BCUT2D eigenvalue weighted by atomic mass is 10.1. The number of ether oxygens (including phenoxy) is 2. The van der Waals surface area contributed by atoms with Crippen LogP contribution in [0.25, 0.3) is 0 Å². The molecule has 3 heterocycles. The van der Waals surface area contributed by atoms with Gasteiger partial charge in [-0.25, -0.2) is 0 Å². The summed E-state index contributed by atoms with van der Waals surface area (Å²) in [6, 6.07) is 8.18. The van der Waals surface area contributed by atoms with Gasteiger partial charge in [-0.3, -0.25) is 0 Å². The van der Waals surface area contributed by atoms with Crippen molar-refractivity contribution < 1.29 is 14.0 Å². The number of para-hydroxylation sites is 2. The zero-order valence-corrected chi connectivity index (χ0v) is 16.8. The minimum absolute atomic E-state index is 0.0747. The first-order valence-corrected chi connectivity index (χ1v) is 10.4. The molecular weight excluding hydrogens is 356 g/mol. The molecule has 5 heteroatoms. The normalized spacial score (nSPS) is 22.6. The molecule has 1 unspecified atom stereocenters. The van der Waals surface area contributed by atoms with Gasteiger partial charge in [0.05, 0.1) is 5.69 Å². The number of thioether (sulfide) groups is 1. The highest BCUT2D eigenvalue weighted by Crippen LogP contribution is 2.39. The monoisotopic (exact) mass is 381 g/mol. The summed E-state index contributed by atoms with van der Waals surface area (Å²) in [4.78, 5) is 2.21. The maximum Gasteiger partial charge on any atom is 0.318 e. The molecule has 0 bridgehead atoms. The van der Waals surface area contributed by atoms with Crippen molar-refractivity contribution in [2.24, 2.45) is 0 Å². The zero-order chi connectivity index (χ0) is 18.8. The Labute approximate surface area is 165 Å². The summed E-state index contributed by atoms with van der Waals surface area (Å²) in [6.45, 7) is 8.26. The van der Waals surface area contributed by atoms with E-state index in [1.165, 1.54) is 10.6 Å². The van der Waals surface area contributed by atoms with Crippen molar-refractivity contribution in [3.05, 3.63) is 71.2 Å². The van der Waals surface area contributed by atoms with E-state index in [0.717, 1.165) is 42.6 Å². The van der Waals surface area contributed by atoms with Crippen molar-refractivity contribution in [3.8, 4) is 5.75 Å². The summed E-state index contributed by atoms with van der Waals surface area (Å²) >= 11 is 1.72. The molecule has 0 aromatic heterocycles. The average molecular weight is 382 g/mol. The molecule has 0 fully saturated rings. The Hall–Kier alpha value is -2.40. The molecule has 0 radical (unpaired) electrons. The van der Waals surface area contributed by atoms with E-state index in [2.05, 4.69) is 53.9 Å². The second-order valence-corrected chi connectivity index (χ2v) is 7.36. The molecule has 4 rings (SSSR count). The maximum absolute atomic E-state index is 6.20. The highest BCUT2D eigenvalue weighted by Gasteiger charge is 2.37. The molecule has 1 aromatic carbocycles. The van der Waals surface area contributed by atoms with Crippen LogP contribution < -0.4 is 9.64 Å². The van der Waals surface area contributed by atoms with E-state index in [1.807, 2.05) is 30.4 Å². The van der Waals surface area contributed by atoms with Crippen LogP contribution in [0.1, 0.15) is 27.2 Å². The Morgan fingerprint density at radius 2 is 2.11 bits per heavy atom. The molecule has 3 aliphatic heterocycles. The summed E-state index contributed by atoms with van der Waals surface area (Å²) < 4.78 is 14.6. The van der Waals surface area contributed by atoms with Gasteiger partial charge in [-0.2, -0.15) is 4.58 Å². The molecular formula is C22H25N2O2S+. The van der Waals surface area contributed by atoms with E-state index >= 15 is 0 Å². The molecule has 4 nitrogen and oxygen atoms in total. The molecule has 1 atom stereocenters. The first-order chi connectivity index (χ1) is 13.2. The van der Waals surface area contributed by atoms with Gasteiger partial charge in [0.25, 0.3) is 5.04 Å². The Morgan fingerprint density at radius 1 is 1.26 bits per heavy atom. The number of benzene rings is 1. The second kappa shape index (κ2) is 7.69. The molecule has 0 amide bonds. The van der Waals surface area contributed by atoms with Crippen molar-refractivity contribution >= 4 is 22.5 Å². The van der Waals surface area contributed by atoms with Crippen molar-refractivity contribution in [3.63, 3.8) is 0 Å². The summed E-state index contributed by atoms with van der Waals surface area (Å²) in [7, 11) is 0. The third kappa shape index (κ3) is 3.32. The number of hydrogen-bond donors (Lipinski definition) is 0. The summed E-state index contributed by atoms with van der Waals surface area (Å²) in [5, 5.41) is 3.30. The van der Waals surface area contributed by atoms with Gasteiger partial charge in [0.15, 0.2) is 5.75 Å². The smallest absolute Gasteiger partial charge is 0.318 e.